The molecule has 0 radical (unpaired) electrons. The normalized spacial score (nSPS) is 15.6. The number of sulfone groups is 1. The molecule has 0 aliphatic heterocycles. The fourth-order valence-corrected chi connectivity index (χ4v) is 2.36. The van der Waals surface area contributed by atoms with Crippen LogP contribution < -0.4 is 10.9 Å². The molecule has 100 valence electrons. The molecule has 0 amide bonds. The number of hydrogen-bond acceptors (Lipinski definition) is 5. The van der Waals surface area contributed by atoms with Gasteiger partial charge in [-0.05, 0) is 12.8 Å². The molecule has 1 N–H and O–H groups in total. The second-order valence-corrected chi connectivity index (χ2v) is 6.86. The highest BCUT2D eigenvalue weighted by Gasteiger charge is 2.25. The zero-order valence-corrected chi connectivity index (χ0v) is 11.1. The van der Waals surface area contributed by atoms with Crippen LogP contribution in [0.5, 0.6) is 0 Å². The molecule has 1 heterocycles. The van der Waals surface area contributed by atoms with Crippen LogP contribution in [-0.4, -0.2) is 36.0 Å². The zero-order valence-electron chi connectivity index (χ0n) is 10.3. The summed E-state index contributed by atoms with van der Waals surface area (Å²) in [4.78, 5) is 15.9. The van der Waals surface area contributed by atoms with Crippen molar-refractivity contribution in [1.82, 2.24) is 9.55 Å². The van der Waals surface area contributed by atoms with Gasteiger partial charge < -0.3 is 9.88 Å². The maximum Gasteiger partial charge on any atom is 0.293 e. The first-order valence-electron chi connectivity index (χ1n) is 6.05. The van der Waals surface area contributed by atoms with Gasteiger partial charge in [0, 0.05) is 30.7 Å². The summed E-state index contributed by atoms with van der Waals surface area (Å²) in [5.74, 6) is 0.363. The number of hydrogen-bond donors (Lipinski definition) is 1. The number of nitrogens with zero attached hydrogens (tertiary/aromatic N) is 2. The highest BCUT2D eigenvalue weighted by molar-refractivity contribution is 7.91. The minimum atomic E-state index is -3.02. The van der Waals surface area contributed by atoms with E-state index in [9.17, 15) is 13.2 Å². The van der Waals surface area contributed by atoms with E-state index < -0.39 is 9.84 Å². The first-order valence-corrected chi connectivity index (χ1v) is 7.87. The van der Waals surface area contributed by atoms with E-state index in [1.807, 2.05) is 0 Å². The minimum absolute atomic E-state index is 0.0168. The Hall–Kier alpha value is -1.37. The summed E-state index contributed by atoms with van der Waals surface area (Å²) in [7, 11) is -3.02. The number of anilines is 1. The van der Waals surface area contributed by atoms with Gasteiger partial charge in [0.05, 0.1) is 5.75 Å². The van der Waals surface area contributed by atoms with E-state index in [-0.39, 0.29) is 29.4 Å². The van der Waals surface area contributed by atoms with Crippen LogP contribution in [0.25, 0.3) is 0 Å². The van der Waals surface area contributed by atoms with Crippen LogP contribution in [0, 0.1) is 0 Å². The van der Waals surface area contributed by atoms with Gasteiger partial charge in [-0.25, -0.2) is 13.4 Å². The maximum atomic E-state index is 12.0. The zero-order chi connectivity index (χ0) is 13.2. The third-order valence-electron chi connectivity index (χ3n) is 2.95. The predicted octanol–water partition coefficient (Wildman–Crippen LogP) is 0.425. The van der Waals surface area contributed by atoms with Crippen LogP contribution in [-0.2, 0) is 9.84 Å². The quantitative estimate of drug-likeness (QED) is 0.811. The van der Waals surface area contributed by atoms with Crippen LogP contribution in [0.15, 0.2) is 17.2 Å². The number of rotatable bonds is 6. The largest absolute Gasteiger partial charge is 0.364 e. The highest BCUT2D eigenvalue weighted by atomic mass is 32.2. The van der Waals surface area contributed by atoms with Crippen LogP contribution >= 0.6 is 0 Å². The molecule has 1 saturated carbocycles. The van der Waals surface area contributed by atoms with E-state index in [0.29, 0.717) is 6.04 Å². The van der Waals surface area contributed by atoms with Gasteiger partial charge in [-0.15, -0.1) is 0 Å². The van der Waals surface area contributed by atoms with E-state index in [0.717, 1.165) is 12.8 Å². The molecule has 18 heavy (non-hydrogen) atoms. The monoisotopic (exact) mass is 271 g/mol. The third-order valence-corrected chi connectivity index (χ3v) is 4.66. The molecule has 7 heteroatoms. The first-order chi connectivity index (χ1) is 8.53. The van der Waals surface area contributed by atoms with Crippen molar-refractivity contribution in [3.8, 4) is 0 Å². The van der Waals surface area contributed by atoms with Crippen molar-refractivity contribution in [2.24, 2.45) is 0 Å². The smallest absolute Gasteiger partial charge is 0.293 e. The number of nitrogens with one attached hydrogen (secondary N) is 1. The van der Waals surface area contributed by atoms with Gasteiger partial charge >= 0.3 is 0 Å². The van der Waals surface area contributed by atoms with E-state index in [2.05, 4.69) is 10.3 Å². The van der Waals surface area contributed by atoms with Gasteiger partial charge in [0.1, 0.15) is 0 Å². The molecule has 1 aliphatic rings. The molecule has 6 nitrogen and oxygen atoms in total. The summed E-state index contributed by atoms with van der Waals surface area (Å²) in [5, 5.41) is 2.80. The summed E-state index contributed by atoms with van der Waals surface area (Å²) in [6, 6.07) is 0.292. The molecule has 1 fully saturated rings. The molecule has 0 spiro atoms. The van der Waals surface area contributed by atoms with Crippen LogP contribution in [0.4, 0.5) is 5.82 Å². The SMILES string of the molecule is CCS(=O)(=O)CCNc1nccn(C2CC2)c1=O. The second-order valence-electron chi connectivity index (χ2n) is 4.38. The van der Waals surface area contributed by atoms with Gasteiger partial charge in [-0.2, -0.15) is 0 Å². The summed E-state index contributed by atoms with van der Waals surface area (Å²) < 4.78 is 24.3. The lowest BCUT2D eigenvalue weighted by Crippen LogP contribution is -2.26. The second kappa shape index (κ2) is 5.09. The summed E-state index contributed by atoms with van der Waals surface area (Å²) >= 11 is 0. The Morgan fingerprint density at radius 2 is 2.22 bits per heavy atom. The van der Waals surface area contributed by atoms with Crippen molar-refractivity contribution in [3.63, 3.8) is 0 Å². The van der Waals surface area contributed by atoms with Crippen molar-refractivity contribution in [1.29, 1.82) is 0 Å². The average molecular weight is 271 g/mol. The Balaban J connectivity index is 2.02. The topological polar surface area (TPSA) is 81.1 Å². The van der Waals surface area contributed by atoms with Crippen LogP contribution in [0.3, 0.4) is 0 Å². The Kier molecular flexibility index (Phi) is 3.70. The van der Waals surface area contributed by atoms with Crippen molar-refractivity contribution < 1.29 is 8.42 Å². The average Bonchev–Trinajstić information content (AvgIpc) is 3.15. The van der Waals surface area contributed by atoms with E-state index >= 15 is 0 Å². The Labute approximate surface area is 106 Å². The fourth-order valence-electron chi connectivity index (χ4n) is 1.66. The molecule has 1 aliphatic carbocycles. The van der Waals surface area contributed by atoms with Crippen molar-refractivity contribution in [2.45, 2.75) is 25.8 Å². The fraction of sp³-hybridized carbons (Fsp3) is 0.636. The molecule has 0 saturated heterocycles. The Morgan fingerprint density at radius 3 is 2.83 bits per heavy atom. The van der Waals surface area contributed by atoms with Gasteiger partial charge in [0.2, 0.25) is 0 Å². The number of aromatic nitrogens is 2. The Bertz CT molecular complexity index is 575. The van der Waals surface area contributed by atoms with E-state index in [1.54, 1.807) is 23.9 Å². The lowest BCUT2D eigenvalue weighted by Gasteiger charge is -2.07. The van der Waals surface area contributed by atoms with Crippen molar-refractivity contribution in [3.05, 3.63) is 22.7 Å². The summed E-state index contributed by atoms with van der Waals surface area (Å²) in [6.45, 7) is 1.82. The molecule has 0 unspecified atom stereocenters. The maximum absolute atomic E-state index is 12.0. The third kappa shape index (κ3) is 3.10. The Morgan fingerprint density at radius 1 is 1.50 bits per heavy atom. The van der Waals surface area contributed by atoms with E-state index in [4.69, 9.17) is 0 Å². The van der Waals surface area contributed by atoms with Gasteiger partial charge in [-0.1, -0.05) is 6.92 Å². The first kappa shape index (κ1) is 13.1. The van der Waals surface area contributed by atoms with Crippen LogP contribution in [0.2, 0.25) is 0 Å². The molecule has 0 atom stereocenters. The summed E-state index contributed by atoms with van der Waals surface area (Å²) in [5.41, 5.74) is -0.172. The predicted molar refractivity (Wildman–Crippen MR) is 69.6 cm³/mol. The summed E-state index contributed by atoms with van der Waals surface area (Å²) in [6.07, 6.45) is 5.28. The molecular formula is C11H17N3O3S. The molecular weight excluding hydrogens is 254 g/mol. The van der Waals surface area contributed by atoms with Gasteiger partial charge in [0.25, 0.3) is 5.56 Å². The van der Waals surface area contributed by atoms with Gasteiger partial charge in [-0.3, -0.25) is 4.79 Å². The molecule has 0 aromatic carbocycles. The van der Waals surface area contributed by atoms with Gasteiger partial charge in [0.15, 0.2) is 15.7 Å². The van der Waals surface area contributed by atoms with Crippen LogP contribution in [0.1, 0.15) is 25.8 Å². The lowest BCUT2D eigenvalue weighted by atomic mass is 10.5. The molecule has 2 rings (SSSR count). The molecule has 1 aromatic heterocycles. The van der Waals surface area contributed by atoms with Crippen molar-refractivity contribution >= 4 is 15.7 Å². The standard InChI is InChI=1S/C11H17N3O3S/c1-2-18(16,17)8-6-13-10-11(15)14(7-5-12-10)9-3-4-9/h5,7,9H,2-4,6,8H2,1H3,(H,12,13). The molecule has 1 aromatic rings. The van der Waals surface area contributed by atoms with E-state index in [1.165, 1.54) is 0 Å². The minimum Gasteiger partial charge on any atom is -0.364 e. The molecule has 0 bridgehead atoms. The lowest BCUT2D eigenvalue weighted by molar-refractivity contribution is 0.597. The highest BCUT2D eigenvalue weighted by Crippen LogP contribution is 2.33. The van der Waals surface area contributed by atoms with Crippen molar-refractivity contribution in [2.75, 3.05) is 23.4 Å².